The second-order valence-corrected chi connectivity index (χ2v) is 6.04. The summed E-state index contributed by atoms with van der Waals surface area (Å²) < 4.78 is 0. The summed E-state index contributed by atoms with van der Waals surface area (Å²) in [5.41, 5.74) is 1.47. The van der Waals surface area contributed by atoms with Crippen molar-refractivity contribution in [1.29, 1.82) is 0 Å². The normalized spacial score (nSPS) is 18.8. The van der Waals surface area contributed by atoms with Gasteiger partial charge in [0.25, 0.3) is 0 Å². The summed E-state index contributed by atoms with van der Waals surface area (Å²) in [5, 5.41) is 3.63. The maximum atomic E-state index is 3.63. The Balaban J connectivity index is 1.71. The first kappa shape index (κ1) is 15.5. The van der Waals surface area contributed by atoms with Gasteiger partial charge >= 0.3 is 0 Å². The Hall–Kier alpha value is -0.860. The van der Waals surface area contributed by atoms with Crippen LogP contribution in [0, 0.1) is 0 Å². The highest BCUT2D eigenvalue weighted by molar-refractivity contribution is 5.14. The van der Waals surface area contributed by atoms with Gasteiger partial charge in [-0.05, 0) is 57.3 Å². The third-order valence-electron chi connectivity index (χ3n) is 4.25. The molecule has 2 heteroatoms. The smallest absolute Gasteiger partial charge is 0.0195 e. The number of hydrogen-bond acceptors (Lipinski definition) is 2. The molecule has 1 N–H and O–H groups in total. The van der Waals surface area contributed by atoms with E-state index in [9.17, 15) is 0 Å². The van der Waals surface area contributed by atoms with Gasteiger partial charge in [-0.2, -0.15) is 0 Å². The second-order valence-electron chi connectivity index (χ2n) is 6.04. The van der Waals surface area contributed by atoms with Gasteiger partial charge in [-0.3, -0.25) is 0 Å². The van der Waals surface area contributed by atoms with Crippen molar-refractivity contribution in [3.05, 3.63) is 35.9 Å². The summed E-state index contributed by atoms with van der Waals surface area (Å²) in [6.45, 7) is 7.26. The SMILES string of the molecule is CCCCN(CCCc1ccccc1)CC1CCCN1. The van der Waals surface area contributed by atoms with Crippen LogP contribution in [-0.4, -0.2) is 37.1 Å². The highest BCUT2D eigenvalue weighted by Crippen LogP contribution is 2.10. The van der Waals surface area contributed by atoms with Crippen molar-refractivity contribution in [2.75, 3.05) is 26.2 Å². The Morgan fingerprint density at radius 1 is 1.15 bits per heavy atom. The van der Waals surface area contributed by atoms with Gasteiger partial charge in [-0.1, -0.05) is 43.7 Å². The predicted molar refractivity (Wildman–Crippen MR) is 87.1 cm³/mol. The van der Waals surface area contributed by atoms with E-state index < -0.39 is 0 Å². The Morgan fingerprint density at radius 3 is 2.65 bits per heavy atom. The molecule has 1 aromatic rings. The van der Waals surface area contributed by atoms with E-state index in [2.05, 4.69) is 47.5 Å². The van der Waals surface area contributed by atoms with E-state index >= 15 is 0 Å². The molecule has 0 bridgehead atoms. The molecule has 0 radical (unpaired) electrons. The summed E-state index contributed by atoms with van der Waals surface area (Å²) in [7, 11) is 0. The summed E-state index contributed by atoms with van der Waals surface area (Å²) in [6.07, 6.45) is 7.84. The zero-order valence-electron chi connectivity index (χ0n) is 13.0. The van der Waals surface area contributed by atoms with E-state index in [-0.39, 0.29) is 0 Å². The fourth-order valence-electron chi connectivity index (χ4n) is 3.05. The summed E-state index contributed by atoms with van der Waals surface area (Å²) >= 11 is 0. The molecule has 1 atom stereocenters. The molecule has 0 spiro atoms. The monoisotopic (exact) mass is 274 g/mol. The zero-order chi connectivity index (χ0) is 14.0. The van der Waals surface area contributed by atoms with Crippen molar-refractivity contribution in [3.63, 3.8) is 0 Å². The molecule has 1 fully saturated rings. The number of unbranched alkanes of at least 4 members (excludes halogenated alkanes) is 1. The molecule has 0 saturated carbocycles. The predicted octanol–water partition coefficient (Wildman–Crippen LogP) is 3.47. The number of nitrogens with one attached hydrogen (secondary N) is 1. The van der Waals surface area contributed by atoms with Crippen LogP contribution in [-0.2, 0) is 6.42 Å². The average molecular weight is 274 g/mol. The Bertz CT molecular complexity index is 344. The minimum Gasteiger partial charge on any atom is -0.313 e. The maximum absolute atomic E-state index is 3.63. The molecule has 1 saturated heterocycles. The average Bonchev–Trinajstić information content (AvgIpc) is 2.98. The molecule has 2 rings (SSSR count). The van der Waals surface area contributed by atoms with Crippen molar-refractivity contribution in [2.45, 2.75) is 51.5 Å². The molecule has 1 unspecified atom stereocenters. The van der Waals surface area contributed by atoms with E-state index in [4.69, 9.17) is 0 Å². The van der Waals surface area contributed by atoms with Crippen molar-refractivity contribution in [2.24, 2.45) is 0 Å². The zero-order valence-corrected chi connectivity index (χ0v) is 13.0. The topological polar surface area (TPSA) is 15.3 Å². The standard InChI is InChI=1S/C18H30N2/c1-2-3-14-20(16-18-12-7-13-19-18)15-8-11-17-9-5-4-6-10-17/h4-6,9-10,18-19H,2-3,7-8,11-16H2,1H3. The summed E-state index contributed by atoms with van der Waals surface area (Å²) in [4.78, 5) is 2.68. The van der Waals surface area contributed by atoms with Crippen LogP contribution in [0.1, 0.15) is 44.6 Å². The first-order chi connectivity index (χ1) is 9.88. The molecular formula is C18H30N2. The van der Waals surface area contributed by atoms with Crippen molar-refractivity contribution >= 4 is 0 Å². The van der Waals surface area contributed by atoms with Gasteiger partial charge in [0.05, 0.1) is 0 Å². The highest BCUT2D eigenvalue weighted by Gasteiger charge is 2.17. The summed E-state index contributed by atoms with van der Waals surface area (Å²) in [5.74, 6) is 0. The number of nitrogens with zero attached hydrogens (tertiary/aromatic N) is 1. The largest absolute Gasteiger partial charge is 0.313 e. The molecule has 1 heterocycles. The maximum Gasteiger partial charge on any atom is 0.0195 e. The number of rotatable bonds is 9. The quantitative estimate of drug-likeness (QED) is 0.742. The van der Waals surface area contributed by atoms with Crippen LogP contribution in [0.5, 0.6) is 0 Å². The van der Waals surface area contributed by atoms with Gasteiger partial charge in [0, 0.05) is 12.6 Å². The lowest BCUT2D eigenvalue weighted by Crippen LogP contribution is -2.38. The molecule has 2 nitrogen and oxygen atoms in total. The minimum atomic E-state index is 0.739. The fraction of sp³-hybridized carbons (Fsp3) is 0.667. The fourth-order valence-corrected chi connectivity index (χ4v) is 3.05. The van der Waals surface area contributed by atoms with Gasteiger partial charge < -0.3 is 10.2 Å². The van der Waals surface area contributed by atoms with Crippen LogP contribution in [0.2, 0.25) is 0 Å². The molecule has 0 aliphatic carbocycles. The van der Waals surface area contributed by atoms with Crippen LogP contribution < -0.4 is 5.32 Å². The number of benzene rings is 1. The van der Waals surface area contributed by atoms with E-state index in [1.165, 1.54) is 70.3 Å². The van der Waals surface area contributed by atoms with Crippen LogP contribution in [0.25, 0.3) is 0 Å². The first-order valence-corrected chi connectivity index (χ1v) is 8.38. The van der Waals surface area contributed by atoms with Crippen LogP contribution >= 0.6 is 0 Å². The molecule has 1 aliphatic heterocycles. The lowest BCUT2D eigenvalue weighted by molar-refractivity contribution is 0.243. The van der Waals surface area contributed by atoms with Crippen LogP contribution in [0.3, 0.4) is 0 Å². The van der Waals surface area contributed by atoms with Gasteiger partial charge in [-0.15, -0.1) is 0 Å². The van der Waals surface area contributed by atoms with E-state index in [0.717, 1.165) is 6.04 Å². The third kappa shape index (κ3) is 5.64. The summed E-state index contributed by atoms with van der Waals surface area (Å²) in [6, 6.07) is 11.6. The van der Waals surface area contributed by atoms with Crippen molar-refractivity contribution < 1.29 is 0 Å². The van der Waals surface area contributed by atoms with Gasteiger partial charge in [0.15, 0.2) is 0 Å². The second kappa shape index (κ2) is 9.15. The van der Waals surface area contributed by atoms with Gasteiger partial charge in [0.1, 0.15) is 0 Å². The molecule has 0 amide bonds. The van der Waals surface area contributed by atoms with E-state index in [0.29, 0.717) is 0 Å². The molecule has 112 valence electrons. The lowest BCUT2D eigenvalue weighted by atomic mass is 10.1. The number of aryl methyl sites for hydroxylation is 1. The van der Waals surface area contributed by atoms with Crippen molar-refractivity contribution in [3.8, 4) is 0 Å². The Kier molecular flexibility index (Phi) is 7.10. The van der Waals surface area contributed by atoms with E-state index in [1.54, 1.807) is 0 Å². The molecule has 1 aliphatic rings. The van der Waals surface area contributed by atoms with E-state index in [1.807, 2.05) is 0 Å². The Morgan fingerprint density at radius 2 is 1.95 bits per heavy atom. The molecule has 0 aromatic heterocycles. The van der Waals surface area contributed by atoms with Crippen LogP contribution in [0.4, 0.5) is 0 Å². The third-order valence-corrected chi connectivity index (χ3v) is 4.25. The minimum absolute atomic E-state index is 0.739. The van der Waals surface area contributed by atoms with Gasteiger partial charge in [-0.25, -0.2) is 0 Å². The highest BCUT2D eigenvalue weighted by atomic mass is 15.1. The van der Waals surface area contributed by atoms with Crippen molar-refractivity contribution in [1.82, 2.24) is 10.2 Å². The molecule has 1 aromatic carbocycles. The first-order valence-electron chi connectivity index (χ1n) is 8.38. The number of hydrogen-bond donors (Lipinski definition) is 1. The Labute approximate surface area is 124 Å². The molecule has 20 heavy (non-hydrogen) atoms. The molecular weight excluding hydrogens is 244 g/mol. The van der Waals surface area contributed by atoms with Crippen LogP contribution in [0.15, 0.2) is 30.3 Å². The van der Waals surface area contributed by atoms with Gasteiger partial charge in [0.2, 0.25) is 0 Å². The lowest BCUT2D eigenvalue weighted by Gasteiger charge is -2.25.